The fourth-order valence-electron chi connectivity index (χ4n) is 5.31. The van der Waals surface area contributed by atoms with E-state index in [4.69, 9.17) is 21.1 Å². The Kier molecular flexibility index (Phi) is 6.75. The van der Waals surface area contributed by atoms with Crippen LogP contribution in [0.25, 0.3) is 5.57 Å². The van der Waals surface area contributed by atoms with Crippen LogP contribution in [0.15, 0.2) is 18.2 Å². The third-order valence-electron chi connectivity index (χ3n) is 7.27. The van der Waals surface area contributed by atoms with Crippen LogP contribution in [0.5, 0.6) is 0 Å². The SMILES string of the molecule is CCC1CCC(c2ccc(C3=CCC(C4COCOC4)CC3)c(F)c2Cl)CC1. The molecule has 4 rings (SSSR count). The molecule has 1 saturated heterocycles. The average molecular weight is 407 g/mol. The van der Waals surface area contributed by atoms with Crippen LogP contribution in [0.1, 0.15) is 75.3 Å². The van der Waals surface area contributed by atoms with E-state index < -0.39 is 0 Å². The third-order valence-corrected chi connectivity index (χ3v) is 7.65. The Hall–Kier alpha value is -0.900. The molecule has 1 aliphatic heterocycles. The van der Waals surface area contributed by atoms with Gasteiger partial charge in [0, 0.05) is 11.5 Å². The molecule has 0 N–H and O–H groups in total. The van der Waals surface area contributed by atoms with E-state index in [1.54, 1.807) is 0 Å². The van der Waals surface area contributed by atoms with Crippen LogP contribution < -0.4 is 0 Å². The van der Waals surface area contributed by atoms with Crippen molar-refractivity contribution in [2.75, 3.05) is 20.0 Å². The van der Waals surface area contributed by atoms with Crippen molar-refractivity contribution in [3.8, 4) is 0 Å². The Labute approximate surface area is 173 Å². The van der Waals surface area contributed by atoms with Crippen molar-refractivity contribution in [3.63, 3.8) is 0 Å². The molecule has 0 amide bonds. The highest BCUT2D eigenvalue weighted by Gasteiger charge is 2.29. The molecule has 1 unspecified atom stereocenters. The Balaban J connectivity index is 1.45. The minimum Gasteiger partial charge on any atom is -0.355 e. The maximum absolute atomic E-state index is 15.2. The van der Waals surface area contributed by atoms with Crippen LogP contribution in [0.4, 0.5) is 4.39 Å². The molecule has 2 aliphatic carbocycles. The lowest BCUT2D eigenvalue weighted by Gasteiger charge is -2.32. The minimum atomic E-state index is -0.217. The highest BCUT2D eigenvalue weighted by Crippen LogP contribution is 2.43. The van der Waals surface area contributed by atoms with E-state index in [9.17, 15) is 0 Å². The maximum atomic E-state index is 15.2. The van der Waals surface area contributed by atoms with Crippen LogP contribution in [0, 0.1) is 23.6 Å². The Bertz CT molecular complexity index is 703. The molecule has 0 aromatic heterocycles. The van der Waals surface area contributed by atoms with E-state index in [0.717, 1.165) is 62.4 Å². The van der Waals surface area contributed by atoms with Gasteiger partial charge in [-0.15, -0.1) is 0 Å². The molecular formula is C24H32ClFO2. The standard InChI is InChI=1S/C24H32ClFO2/c1-2-16-3-5-18(6-4-16)21-11-12-22(24(26)23(21)25)19-9-7-17(8-10-19)20-13-27-15-28-14-20/h9,11-12,16-18,20H,2-8,10,13-15H2,1H3. The van der Waals surface area contributed by atoms with Gasteiger partial charge in [-0.3, -0.25) is 0 Å². The minimum absolute atomic E-state index is 0.217. The summed E-state index contributed by atoms with van der Waals surface area (Å²) in [5.41, 5.74) is 2.82. The van der Waals surface area contributed by atoms with E-state index in [-0.39, 0.29) is 5.82 Å². The molecule has 154 valence electrons. The molecule has 0 spiro atoms. The largest absolute Gasteiger partial charge is 0.355 e. The fraction of sp³-hybridized carbons (Fsp3) is 0.667. The van der Waals surface area contributed by atoms with Gasteiger partial charge >= 0.3 is 0 Å². The summed E-state index contributed by atoms with van der Waals surface area (Å²) in [7, 11) is 0. The van der Waals surface area contributed by atoms with Crippen LogP contribution in [-0.4, -0.2) is 20.0 Å². The van der Waals surface area contributed by atoms with Crippen molar-refractivity contribution >= 4 is 17.2 Å². The summed E-state index contributed by atoms with van der Waals surface area (Å²) in [5, 5.41) is 0.356. The number of allylic oxidation sites excluding steroid dienone is 2. The molecule has 1 atom stereocenters. The zero-order chi connectivity index (χ0) is 19.5. The second kappa shape index (κ2) is 9.28. The second-order valence-corrected chi connectivity index (χ2v) is 9.22. The number of benzene rings is 1. The first-order chi connectivity index (χ1) is 13.7. The van der Waals surface area contributed by atoms with Gasteiger partial charge in [-0.2, -0.15) is 0 Å². The summed E-state index contributed by atoms with van der Waals surface area (Å²) in [5.74, 6) is 2.05. The lowest BCUT2D eigenvalue weighted by Crippen LogP contribution is -2.31. The van der Waals surface area contributed by atoms with Gasteiger partial charge in [-0.1, -0.05) is 43.2 Å². The molecular weight excluding hydrogens is 375 g/mol. The first kappa shape index (κ1) is 20.4. The zero-order valence-corrected chi connectivity index (χ0v) is 17.6. The third kappa shape index (κ3) is 4.32. The summed E-state index contributed by atoms with van der Waals surface area (Å²) >= 11 is 6.54. The van der Waals surface area contributed by atoms with E-state index in [0.29, 0.717) is 35.1 Å². The topological polar surface area (TPSA) is 18.5 Å². The van der Waals surface area contributed by atoms with E-state index >= 15 is 4.39 Å². The maximum Gasteiger partial charge on any atom is 0.149 e. The highest BCUT2D eigenvalue weighted by molar-refractivity contribution is 6.31. The number of halogens is 2. The normalized spacial score (nSPS) is 29.5. The van der Waals surface area contributed by atoms with Gasteiger partial charge in [0.1, 0.15) is 12.6 Å². The van der Waals surface area contributed by atoms with Crippen molar-refractivity contribution < 1.29 is 13.9 Å². The predicted molar refractivity (Wildman–Crippen MR) is 112 cm³/mol. The lowest BCUT2D eigenvalue weighted by molar-refractivity contribution is -0.137. The van der Waals surface area contributed by atoms with Crippen LogP contribution in [0.2, 0.25) is 5.02 Å². The van der Waals surface area contributed by atoms with Crippen LogP contribution >= 0.6 is 11.6 Å². The molecule has 4 heteroatoms. The number of rotatable bonds is 4. The molecule has 1 aromatic rings. The number of ether oxygens (including phenoxy) is 2. The fourth-order valence-corrected chi connectivity index (χ4v) is 5.63. The molecule has 0 bridgehead atoms. The molecule has 2 fully saturated rings. The molecule has 1 heterocycles. The predicted octanol–water partition coefficient (Wildman–Crippen LogP) is 6.97. The van der Waals surface area contributed by atoms with Crippen molar-refractivity contribution in [2.24, 2.45) is 17.8 Å². The summed E-state index contributed by atoms with van der Waals surface area (Å²) < 4.78 is 26.1. The van der Waals surface area contributed by atoms with E-state index in [2.05, 4.69) is 19.1 Å². The summed E-state index contributed by atoms with van der Waals surface area (Å²) in [6.45, 7) is 4.25. The Morgan fingerprint density at radius 1 is 1.04 bits per heavy atom. The summed E-state index contributed by atoms with van der Waals surface area (Å²) in [6.07, 6.45) is 11.1. The molecule has 0 radical (unpaired) electrons. The van der Waals surface area contributed by atoms with Crippen molar-refractivity contribution in [1.82, 2.24) is 0 Å². The molecule has 3 aliphatic rings. The van der Waals surface area contributed by atoms with Crippen LogP contribution in [0.3, 0.4) is 0 Å². The van der Waals surface area contributed by atoms with Crippen molar-refractivity contribution in [2.45, 2.75) is 64.2 Å². The smallest absolute Gasteiger partial charge is 0.149 e. The monoisotopic (exact) mass is 406 g/mol. The quantitative estimate of drug-likeness (QED) is 0.537. The van der Waals surface area contributed by atoms with Gasteiger partial charge in [0.25, 0.3) is 0 Å². The Morgan fingerprint density at radius 3 is 2.43 bits per heavy atom. The first-order valence-electron chi connectivity index (χ1n) is 11.0. The average Bonchev–Trinajstić information content (AvgIpc) is 2.76. The second-order valence-electron chi connectivity index (χ2n) is 8.84. The summed E-state index contributed by atoms with van der Waals surface area (Å²) in [4.78, 5) is 0. The molecule has 2 nitrogen and oxygen atoms in total. The van der Waals surface area contributed by atoms with Gasteiger partial charge in [-0.05, 0) is 73.8 Å². The van der Waals surface area contributed by atoms with Crippen molar-refractivity contribution in [1.29, 1.82) is 0 Å². The molecule has 1 saturated carbocycles. The lowest BCUT2D eigenvalue weighted by atomic mass is 9.77. The van der Waals surface area contributed by atoms with E-state index in [1.165, 1.54) is 19.3 Å². The summed E-state index contributed by atoms with van der Waals surface area (Å²) in [6, 6.07) is 4.06. The van der Waals surface area contributed by atoms with Gasteiger partial charge in [0.2, 0.25) is 0 Å². The molecule has 1 aromatic carbocycles. The number of hydrogen-bond donors (Lipinski definition) is 0. The van der Waals surface area contributed by atoms with Crippen molar-refractivity contribution in [3.05, 3.63) is 40.2 Å². The number of hydrogen-bond acceptors (Lipinski definition) is 2. The highest BCUT2D eigenvalue weighted by atomic mass is 35.5. The van der Waals surface area contributed by atoms with Gasteiger partial charge < -0.3 is 9.47 Å². The van der Waals surface area contributed by atoms with Gasteiger partial charge in [-0.25, -0.2) is 4.39 Å². The van der Waals surface area contributed by atoms with E-state index in [1.807, 2.05) is 6.07 Å². The van der Waals surface area contributed by atoms with Gasteiger partial charge in [0.15, 0.2) is 0 Å². The zero-order valence-electron chi connectivity index (χ0n) is 16.9. The van der Waals surface area contributed by atoms with Gasteiger partial charge in [0.05, 0.1) is 18.2 Å². The Morgan fingerprint density at radius 2 is 1.79 bits per heavy atom. The first-order valence-corrected chi connectivity index (χ1v) is 11.4. The molecule has 28 heavy (non-hydrogen) atoms. The van der Waals surface area contributed by atoms with Crippen LogP contribution in [-0.2, 0) is 9.47 Å².